The van der Waals surface area contributed by atoms with Gasteiger partial charge in [-0.05, 0) is 58.6 Å². The van der Waals surface area contributed by atoms with Crippen LogP contribution >= 0.6 is 0 Å². The summed E-state index contributed by atoms with van der Waals surface area (Å²) < 4.78 is 41.4. The molecule has 5 rings (SSSR count). The van der Waals surface area contributed by atoms with Gasteiger partial charge in [-0.1, -0.05) is 64.8 Å². The molecule has 48 heavy (non-hydrogen) atoms. The van der Waals surface area contributed by atoms with E-state index in [1.807, 2.05) is 0 Å². The second-order valence-corrected chi connectivity index (χ2v) is 10.8. The normalized spacial score (nSPS) is 16.6. The quantitative estimate of drug-likeness (QED) is 0.0629. The van der Waals surface area contributed by atoms with Crippen LogP contribution in [-0.2, 0) is 29.0 Å². The Balaban J connectivity index is 1.66. The van der Waals surface area contributed by atoms with Crippen molar-refractivity contribution in [3.63, 3.8) is 0 Å². The van der Waals surface area contributed by atoms with E-state index >= 15 is 0 Å². The Hall–Kier alpha value is -5.94. The van der Waals surface area contributed by atoms with Gasteiger partial charge in [0.25, 0.3) is 5.91 Å². The predicted molar refractivity (Wildman–Crippen MR) is 173 cm³/mol. The second kappa shape index (κ2) is 15.6. The van der Waals surface area contributed by atoms with Crippen LogP contribution in [0.3, 0.4) is 0 Å². The van der Waals surface area contributed by atoms with E-state index in [2.05, 4.69) is 25.4 Å². The number of nitrogens with one attached hydrogen (secondary N) is 1. The van der Waals surface area contributed by atoms with Gasteiger partial charge in [-0.3, -0.25) is 4.79 Å². The number of hydrogen-bond acceptors (Lipinski definition) is 7. The van der Waals surface area contributed by atoms with E-state index in [1.165, 1.54) is 6.07 Å². The number of aliphatic imine (C=N–C) groups is 1. The summed E-state index contributed by atoms with van der Waals surface area (Å²) in [5.41, 5.74) is 18.5. The van der Waals surface area contributed by atoms with Gasteiger partial charge in [0.15, 0.2) is 11.6 Å². The fourth-order valence-corrected chi connectivity index (χ4v) is 5.41. The Kier molecular flexibility index (Phi) is 10.8. The molecule has 0 saturated heterocycles. The molecular formula is C34H30F2N8O4. The summed E-state index contributed by atoms with van der Waals surface area (Å²) in [4.78, 5) is 25.3. The standard InChI is InChI=1S/C34H30F2N8O4/c35-28-10-5-11-29(36)27(28)21-39-33(46)34(19-23-7-1-2-8-24(23)20-40-43-37)31(26-9-3-4-12-30(26)42-44-38)48-32(41-34)22-13-15-25(16-14-22)47-18-6-17-45/h1-5,7-16,31,45H,6,17-21H2,(H,39,46)/t31-,34-/m1/s1. The minimum atomic E-state index is -1.82. The highest BCUT2D eigenvalue weighted by Crippen LogP contribution is 2.46. The first kappa shape index (κ1) is 33.4. The van der Waals surface area contributed by atoms with Crippen molar-refractivity contribution in [1.29, 1.82) is 0 Å². The van der Waals surface area contributed by atoms with Crippen LogP contribution < -0.4 is 10.1 Å². The number of halogens is 2. The van der Waals surface area contributed by atoms with E-state index in [1.54, 1.807) is 72.8 Å². The average Bonchev–Trinajstić information content (AvgIpc) is 3.48. The van der Waals surface area contributed by atoms with Gasteiger partial charge in [0.05, 0.1) is 13.2 Å². The molecule has 2 atom stereocenters. The van der Waals surface area contributed by atoms with Gasteiger partial charge in [-0.25, -0.2) is 13.8 Å². The van der Waals surface area contributed by atoms with E-state index < -0.39 is 35.7 Å². The van der Waals surface area contributed by atoms with Crippen molar-refractivity contribution < 1.29 is 28.2 Å². The number of ether oxygens (including phenoxy) is 2. The number of aliphatic hydroxyl groups is 1. The van der Waals surface area contributed by atoms with Crippen molar-refractivity contribution in [3.05, 3.63) is 151 Å². The first-order valence-corrected chi connectivity index (χ1v) is 14.9. The molecule has 4 aromatic carbocycles. The van der Waals surface area contributed by atoms with Crippen LogP contribution in [0.5, 0.6) is 5.75 Å². The van der Waals surface area contributed by atoms with Gasteiger partial charge in [0.1, 0.15) is 17.4 Å². The van der Waals surface area contributed by atoms with E-state index in [0.29, 0.717) is 41.0 Å². The summed E-state index contributed by atoms with van der Waals surface area (Å²) in [5.74, 6) is -1.76. The molecule has 0 fully saturated rings. The maximum absolute atomic E-state index is 14.6. The molecule has 4 aromatic rings. The second-order valence-electron chi connectivity index (χ2n) is 10.8. The molecule has 0 bridgehead atoms. The zero-order chi connectivity index (χ0) is 33.9. The molecular weight excluding hydrogens is 622 g/mol. The maximum Gasteiger partial charge on any atom is 0.252 e. The number of azide groups is 2. The third kappa shape index (κ3) is 7.37. The summed E-state index contributed by atoms with van der Waals surface area (Å²) in [6.07, 6.45) is -0.830. The van der Waals surface area contributed by atoms with E-state index in [4.69, 9.17) is 25.1 Å². The van der Waals surface area contributed by atoms with Crippen LogP contribution in [0.1, 0.15) is 40.3 Å². The number of carbonyl (C=O) groups is 1. The zero-order valence-corrected chi connectivity index (χ0v) is 25.5. The largest absolute Gasteiger partial charge is 0.494 e. The first-order valence-electron chi connectivity index (χ1n) is 14.9. The van der Waals surface area contributed by atoms with Gasteiger partial charge in [-0.15, -0.1) is 0 Å². The average molecular weight is 653 g/mol. The topological polar surface area (TPSA) is 178 Å². The van der Waals surface area contributed by atoms with Crippen LogP contribution in [0.15, 0.2) is 106 Å². The van der Waals surface area contributed by atoms with Crippen molar-refractivity contribution in [3.8, 4) is 5.75 Å². The molecule has 2 N–H and O–H groups in total. The molecule has 1 aliphatic rings. The van der Waals surface area contributed by atoms with Gasteiger partial charge < -0.3 is 19.9 Å². The van der Waals surface area contributed by atoms with E-state index in [-0.39, 0.29) is 36.7 Å². The number of hydrogen-bond donors (Lipinski definition) is 2. The van der Waals surface area contributed by atoms with Crippen molar-refractivity contribution in [1.82, 2.24) is 5.32 Å². The Bertz CT molecular complexity index is 1890. The Labute approximate surface area is 273 Å². The SMILES string of the molecule is [N-]=[N+]=NCc1ccccc1C[C@@]1(C(=O)NCc2c(F)cccc2F)N=C(c2ccc(OCCCO)cc2)O[C@@H]1c1ccccc1N=[N+]=[N-]. The lowest BCUT2D eigenvalue weighted by molar-refractivity contribution is -0.129. The predicted octanol–water partition coefficient (Wildman–Crippen LogP) is 7.29. The fraction of sp³-hybridized carbons (Fsp3) is 0.235. The molecule has 1 amide bonds. The minimum absolute atomic E-state index is 0.0128. The molecule has 14 heteroatoms. The number of amides is 1. The van der Waals surface area contributed by atoms with E-state index in [0.717, 1.165) is 12.1 Å². The van der Waals surface area contributed by atoms with E-state index in [9.17, 15) is 19.1 Å². The molecule has 0 spiro atoms. The number of aliphatic hydroxyl groups excluding tert-OH is 1. The lowest BCUT2D eigenvalue weighted by Crippen LogP contribution is -2.50. The summed E-state index contributed by atoms with van der Waals surface area (Å²) in [5, 5.41) is 19.3. The Morgan fingerprint density at radius 1 is 0.958 bits per heavy atom. The summed E-state index contributed by atoms with van der Waals surface area (Å²) in [7, 11) is 0. The third-order valence-electron chi connectivity index (χ3n) is 7.77. The highest BCUT2D eigenvalue weighted by molar-refractivity contribution is 6.01. The molecule has 0 unspecified atom stereocenters. The van der Waals surface area contributed by atoms with Gasteiger partial charge >= 0.3 is 0 Å². The van der Waals surface area contributed by atoms with Crippen molar-refractivity contribution in [2.75, 3.05) is 13.2 Å². The summed E-state index contributed by atoms with van der Waals surface area (Å²) >= 11 is 0. The van der Waals surface area contributed by atoms with Gasteiger partial charge in [0, 0.05) is 58.2 Å². The van der Waals surface area contributed by atoms with Crippen LogP contribution in [0, 0.1) is 11.6 Å². The molecule has 1 aliphatic heterocycles. The van der Waals surface area contributed by atoms with Crippen molar-refractivity contribution in [2.24, 2.45) is 15.2 Å². The smallest absolute Gasteiger partial charge is 0.252 e. The molecule has 0 aliphatic carbocycles. The van der Waals surface area contributed by atoms with Gasteiger partial charge in [0.2, 0.25) is 5.90 Å². The van der Waals surface area contributed by atoms with Crippen molar-refractivity contribution in [2.45, 2.75) is 37.6 Å². The van der Waals surface area contributed by atoms with Gasteiger partial charge in [-0.2, -0.15) is 0 Å². The van der Waals surface area contributed by atoms with Crippen LogP contribution in [0.2, 0.25) is 0 Å². The fourth-order valence-electron chi connectivity index (χ4n) is 5.41. The number of carbonyl (C=O) groups excluding carboxylic acids is 1. The molecule has 244 valence electrons. The number of nitrogens with zero attached hydrogens (tertiary/aromatic N) is 7. The lowest BCUT2D eigenvalue weighted by Gasteiger charge is -2.32. The molecule has 0 radical (unpaired) electrons. The summed E-state index contributed by atoms with van der Waals surface area (Å²) in [6, 6.07) is 23.8. The number of benzene rings is 4. The van der Waals surface area contributed by atoms with Crippen molar-refractivity contribution >= 4 is 17.5 Å². The van der Waals surface area contributed by atoms with Crippen LogP contribution in [0.25, 0.3) is 20.9 Å². The molecule has 12 nitrogen and oxygen atoms in total. The molecule has 0 saturated carbocycles. The zero-order valence-electron chi connectivity index (χ0n) is 25.5. The highest BCUT2D eigenvalue weighted by Gasteiger charge is 2.54. The third-order valence-corrected chi connectivity index (χ3v) is 7.77. The first-order chi connectivity index (χ1) is 23.4. The monoisotopic (exact) mass is 652 g/mol. The number of rotatable bonds is 14. The molecule has 0 aromatic heterocycles. The highest BCUT2D eigenvalue weighted by atomic mass is 19.1. The maximum atomic E-state index is 14.6. The van der Waals surface area contributed by atoms with Crippen LogP contribution in [0.4, 0.5) is 14.5 Å². The molecule has 1 heterocycles. The Morgan fingerprint density at radius 2 is 1.67 bits per heavy atom. The minimum Gasteiger partial charge on any atom is -0.494 e. The van der Waals surface area contributed by atoms with Crippen LogP contribution in [-0.4, -0.2) is 35.7 Å². The lowest BCUT2D eigenvalue weighted by atomic mass is 9.80. The summed E-state index contributed by atoms with van der Waals surface area (Å²) in [6.45, 7) is -0.206. The Morgan fingerprint density at radius 3 is 2.38 bits per heavy atom.